The van der Waals surface area contributed by atoms with E-state index in [1.807, 2.05) is 6.92 Å². The SMILES string of the molecule is C=CN/C(=C\C)c1ccc(F)o1. The van der Waals surface area contributed by atoms with Gasteiger partial charge < -0.3 is 9.73 Å². The normalized spacial score (nSPS) is 11.3. The minimum Gasteiger partial charge on any atom is -0.429 e. The Morgan fingerprint density at radius 1 is 1.67 bits per heavy atom. The van der Waals surface area contributed by atoms with Crippen LogP contribution in [0.4, 0.5) is 4.39 Å². The number of furan rings is 1. The third-order valence-corrected chi connectivity index (χ3v) is 1.38. The van der Waals surface area contributed by atoms with E-state index in [-0.39, 0.29) is 0 Å². The summed E-state index contributed by atoms with van der Waals surface area (Å²) in [6.07, 6.45) is 3.29. The number of rotatable bonds is 3. The Balaban J connectivity index is 2.87. The second kappa shape index (κ2) is 3.76. The summed E-state index contributed by atoms with van der Waals surface area (Å²) in [5, 5.41) is 2.83. The molecule has 1 heterocycles. The monoisotopic (exact) mass is 167 g/mol. The van der Waals surface area contributed by atoms with Gasteiger partial charge in [0, 0.05) is 6.07 Å². The molecule has 1 N–H and O–H groups in total. The molecule has 0 unspecified atom stereocenters. The number of nitrogens with one attached hydrogen (secondary N) is 1. The van der Waals surface area contributed by atoms with E-state index in [0.717, 1.165) is 0 Å². The lowest BCUT2D eigenvalue weighted by Crippen LogP contribution is -2.01. The van der Waals surface area contributed by atoms with Gasteiger partial charge in [-0.05, 0) is 19.2 Å². The van der Waals surface area contributed by atoms with Gasteiger partial charge in [0.05, 0.1) is 5.70 Å². The summed E-state index contributed by atoms with van der Waals surface area (Å²) in [5.41, 5.74) is 0.703. The van der Waals surface area contributed by atoms with Gasteiger partial charge in [-0.1, -0.05) is 12.7 Å². The van der Waals surface area contributed by atoms with Gasteiger partial charge in [0.1, 0.15) is 0 Å². The number of allylic oxidation sites excluding steroid dienone is 1. The Morgan fingerprint density at radius 3 is 2.83 bits per heavy atom. The zero-order valence-corrected chi connectivity index (χ0v) is 6.80. The first-order valence-corrected chi connectivity index (χ1v) is 3.57. The Bertz CT molecular complexity index is 301. The summed E-state index contributed by atoms with van der Waals surface area (Å²) in [6.45, 7) is 5.32. The average Bonchev–Trinajstić information content (AvgIpc) is 2.47. The molecule has 0 aliphatic heterocycles. The first-order chi connectivity index (χ1) is 5.77. The number of halogens is 1. The maximum atomic E-state index is 12.4. The van der Waals surface area contributed by atoms with Crippen LogP contribution in [0, 0.1) is 6.01 Å². The third kappa shape index (κ3) is 1.75. The van der Waals surface area contributed by atoms with E-state index in [4.69, 9.17) is 4.42 Å². The van der Waals surface area contributed by atoms with Crippen molar-refractivity contribution in [1.29, 1.82) is 0 Å². The fraction of sp³-hybridized carbons (Fsp3) is 0.111. The molecule has 0 fully saturated rings. The molecule has 0 spiro atoms. The van der Waals surface area contributed by atoms with E-state index in [1.165, 1.54) is 12.3 Å². The molecule has 0 bridgehead atoms. The minimum absolute atomic E-state index is 0.468. The van der Waals surface area contributed by atoms with E-state index in [9.17, 15) is 4.39 Å². The Hall–Kier alpha value is -1.51. The zero-order valence-electron chi connectivity index (χ0n) is 6.80. The van der Waals surface area contributed by atoms with Crippen LogP contribution in [0.2, 0.25) is 0 Å². The van der Waals surface area contributed by atoms with Crippen molar-refractivity contribution in [3.8, 4) is 0 Å². The van der Waals surface area contributed by atoms with Crippen molar-refractivity contribution in [3.63, 3.8) is 0 Å². The van der Waals surface area contributed by atoms with Crippen molar-refractivity contribution in [2.24, 2.45) is 0 Å². The summed E-state index contributed by atoms with van der Waals surface area (Å²) < 4.78 is 17.2. The minimum atomic E-state index is -0.588. The molecule has 0 aliphatic rings. The van der Waals surface area contributed by atoms with Crippen LogP contribution in [-0.2, 0) is 0 Å². The molecule has 0 saturated heterocycles. The molecule has 3 heteroatoms. The summed E-state index contributed by atoms with van der Waals surface area (Å²) in [4.78, 5) is 0. The first-order valence-electron chi connectivity index (χ1n) is 3.57. The molecule has 0 atom stereocenters. The van der Waals surface area contributed by atoms with Crippen LogP contribution in [0.1, 0.15) is 12.7 Å². The van der Waals surface area contributed by atoms with Crippen LogP contribution in [-0.4, -0.2) is 0 Å². The Labute approximate surface area is 70.4 Å². The Kier molecular flexibility index (Phi) is 2.69. The molecule has 0 aliphatic carbocycles. The van der Waals surface area contributed by atoms with Crippen molar-refractivity contribution in [2.75, 3.05) is 0 Å². The van der Waals surface area contributed by atoms with Crippen molar-refractivity contribution < 1.29 is 8.81 Å². The maximum Gasteiger partial charge on any atom is 0.278 e. The van der Waals surface area contributed by atoms with Crippen LogP contribution < -0.4 is 5.32 Å². The molecule has 64 valence electrons. The van der Waals surface area contributed by atoms with Gasteiger partial charge in [-0.3, -0.25) is 0 Å². The van der Waals surface area contributed by atoms with Gasteiger partial charge >= 0.3 is 0 Å². The molecule has 1 aromatic rings. The molecular formula is C9H10FNO. The topological polar surface area (TPSA) is 25.2 Å². The highest BCUT2D eigenvalue weighted by atomic mass is 19.1. The molecule has 0 radical (unpaired) electrons. The fourth-order valence-corrected chi connectivity index (χ4v) is 0.866. The van der Waals surface area contributed by atoms with Gasteiger partial charge in [0.25, 0.3) is 6.01 Å². The highest BCUT2D eigenvalue weighted by Gasteiger charge is 2.03. The second-order valence-corrected chi connectivity index (χ2v) is 2.15. The van der Waals surface area contributed by atoms with E-state index in [1.54, 1.807) is 12.1 Å². The van der Waals surface area contributed by atoms with Gasteiger partial charge in [-0.2, -0.15) is 4.39 Å². The van der Waals surface area contributed by atoms with E-state index >= 15 is 0 Å². The molecule has 12 heavy (non-hydrogen) atoms. The largest absolute Gasteiger partial charge is 0.429 e. The van der Waals surface area contributed by atoms with Crippen molar-refractivity contribution in [3.05, 3.63) is 42.8 Å². The van der Waals surface area contributed by atoms with E-state index in [0.29, 0.717) is 11.5 Å². The summed E-state index contributed by atoms with van der Waals surface area (Å²) in [7, 11) is 0. The van der Waals surface area contributed by atoms with Crippen LogP contribution >= 0.6 is 0 Å². The van der Waals surface area contributed by atoms with Crippen molar-refractivity contribution in [2.45, 2.75) is 6.92 Å². The predicted molar refractivity (Wildman–Crippen MR) is 45.6 cm³/mol. The lowest BCUT2D eigenvalue weighted by Gasteiger charge is -2.00. The third-order valence-electron chi connectivity index (χ3n) is 1.38. The molecule has 1 rings (SSSR count). The molecular weight excluding hydrogens is 157 g/mol. The smallest absolute Gasteiger partial charge is 0.278 e. The number of hydrogen-bond acceptors (Lipinski definition) is 2. The molecule has 0 saturated carbocycles. The molecule has 2 nitrogen and oxygen atoms in total. The lowest BCUT2D eigenvalue weighted by molar-refractivity contribution is 0.352. The van der Waals surface area contributed by atoms with Crippen LogP contribution in [0.5, 0.6) is 0 Å². The highest BCUT2D eigenvalue weighted by Crippen LogP contribution is 2.14. The molecule has 0 aromatic carbocycles. The number of hydrogen-bond donors (Lipinski definition) is 1. The summed E-state index contributed by atoms with van der Waals surface area (Å²) in [5.74, 6) is 0.468. The molecule has 0 amide bonds. The van der Waals surface area contributed by atoms with Gasteiger partial charge in [-0.25, -0.2) is 0 Å². The van der Waals surface area contributed by atoms with Gasteiger partial charge in [0.2, 0.25) is 0 Å². The maximum absolute atomic E-state index is 12.4. The standard InChI is InChI=1S/C9H10FNO/c1-3-7(11-4-2)8-5-6-9(10)12-8/h3-6,11H,2H2,1H3/b7-3-. The van der Waals surface area contributed by atoms with Gasteiger partial charge in [-0.15, -0.1) is 0 Å². The Morgan fingerprint density at radius 2 is 2.42 bits per heavy atom. The lowest BCUT2D eigenvalue weighted by atomic mass is 10.3. The molecule has 1 aromatic heterocycles. The summed E-state index contributed by atoms with van der Waals surface area (Å²) in [6, 6.07) is 2.24. The first kappa shape index (κ1) is 8.59. The van der Waals surface area contributed by atoms with Crippen LogP contribution in [0.3, 0.4) is 0 Å². The van der Waals surface area contributed by atoms with E-state index in [2.05, 4.69) is 11.9 Å². The van der Waals surface area contributed by atoms with Crippen molar-refractivity contribution >= 4 is 5.70 Å². The zero-order chi connectivity index (χ0) is 8.97. The van der Waals surface area contributed by atoms with Crippen LogP contribution in [0.15, 0.2) is 35.4 Å². The highest BCUT2D eigenvalue weighted by molar-refractivity contribution is 5.59. The second-order valence-electron chi connectivity index (χ2n) is 2.15. The van der Waals surface area contributed by atoms with Gasteiger partial charge in [0.15, 0.2) is 5.76 Å². The summed E-state index contributed by atoms with van der Waals surface area (Å²) >= 11 is 0. The quantitative estimate of drug-likeness (QED) is 0.748. The average molecular weight is 167 g/mol. The van der Waals surface area contributed by atoms with E-state index < -0.39 is 6.01 Å². The predicted octanol–water partition coefficient (Wildman–Crippen LogP) is 2.51. The fourth-order valence-electron chi connectivity index (χ4n) is 0.866. The van der Waals surface area contributed by atoms with Crippen molar-refractivity contribution in [1.82, 2.24) is 5.32 Å². The van der Waals surface area contributed by atoms with Crippen LogP contribution in [0.25, 0.3) is 5.70 Å².